The summed E-state index contributed by atoms with van der Waals surface area (Å²) in [5.74, 6) is -0.149. The highest BCUT2D eigenvalue weighted by atomic mass is 35.5. The number of nitrogens with zero attached hydrogens (tertiary/aromatic N) is 3. The molecule has 0 bridgehead atoms. The Morgan fingerprint density at radius 2 is 1.65 bits per heavy atom. The molecule has 2 aliphatic heterocycles. The molecule has 0 N–H and O–H groups in total. The van der Waals surface area contributed by atoms with Crippen LogP contribution < -0.4 is 0 Å². The summed E-state index contributed by atoms with van der Waals surface area (Å²) >= 11 is 12.3. The lowest BCUT2D eigenvalue weighted by atomic mass is 9.77. The van der Waals surface area contributed by atoms with Gasteiger partial charge in [-0.15, -0.1) is 0 Å². The first-order valence-corrected chi connectivity index (χ1v) is 13.6. The first kappa shape index (κ1) is 26.0. The molecule has 8 heteroatoms. The molecule has 2 aromatic rings. The molecular formula is C29H31Cl2N3O3. The van der Waals surface area contributed by atoms with E-state index in [1.807, 2.05) is 48.5 Å². The monoisotopic (exact) mass is 539 g/mol. The predicted molar refractivity (Wildman–Crippen MR) is 146 cm³/mol. The summed E-state index contributed by atoms with van der Waals surface area (Å²) in [6.07, 6.45) is 6.51. The third kappa shape index (κ3) is 5.77. The van der Waals surface area contributed by atoms with Crippen molar-refractivity contribution in [1.29, 1.82) is 0 Å². The number of fused-ring (bicyclic) bond motifs is 1. The molecular weight excluding hydrogens is 509 g/mol. The van der Waals surface area contributed by atoms with Crippen LogP contribution in [0.3, 0.4) is 0 Å². The van der Waals surface area contributed by atoms with Gasteiger partial charge in [0.05, 0.1) is 31.3 Å². The minimum Gasteiger partial charge on any atom is -0.469 e. The van der Waals surface area contributed by atoms with Crippen molar-refractivity contribution in [1.82, 2.24) is 9.91 Å². The number of methoxy groups -OCH3 is 1. The highest BCUT2D eigenvalue weighted by Gasteiger charge is 2.44. The molecule has 194 valence electrons. The van der Waals surface area contributed by atoms with Crippen molar-refractivity contribution in [3.63, 3.8) is 0 Å². The zero-order valence-electron chi connectivity index (χ0n) is 20.9. The van der Waals surface area contributed by atoms with Gasteiger partial charge in [0.2, 0.25) is 0 Å². The second-order valence-electron chi connectivity index (χ2n) is 10.0. The van der Waals surface area contributed by atoms with E-state index in [1.165, 1.54) is 12.7 Å². The van der Waals surface area contributed by atoms with Crippen molar-refractivity contribution >= 4 is 46.9 Å². The van der Waals surface area contributed by atoms with Gasteiger partial charge in [-0.25, -0.2) is 5.01 Å². The molecule has 2 fully saturated rings. The Morgan fingerprint density at radius 1 is 1.00 bits per heavy atom. The van der Waals surface area contributed by atoms with Crippen LogP contribution in [0.2, 0.25) is 10.0 Å². The number of ether oxygens (including phenoxy) is 1. The van der Waals surface area contributed by atoms with E-state index in [2.05, 4.69) is 11.0 Å². The highest BCUT2D eigenvalue weighted by molar-refractivity contribution is 6.30. The van der Waals surface area contributed by atoms with Crippen LogP contribution in [-0.2, 0) is 14.3 Å². The van der Waals surface area contributed by atoms with Crippen LogP contribution in [0.15, 0.2) is 59.2 Å². The Labute approximate surface area is 227 Å². The second kappa shape index (κ2) is 11.4. The van der Waals surface area contributed by atoms with Gasteiger partial charge in [0.1, 0.15) is 0 Å². The highest BCUT2D eigenvalue weighted by Crippen LogP contribution is 2.44. The Bertz CT molecular complexity index is 1200. The van der Waals surface area contributed by atoms with E-state index >= 15 is 0 Å². The lowest BCUT2D eigenvalue weighted by Crippen LogP contribution is -2.43. The summed E-state index contributed by atoms with van der Waals surface area (Å²) in [6, 6.07) is 15.4. The molecule has 0 unspecified atom stereocenters. The number of hydrazone groups is 1. The third-order valence-electron chi connectivity index (χ3n) is 7.66. The van der Waals surface area contributed by atoms with Gasteiger partial charge in [0.25, 0.3) is 5.91 Å². The largest absolute Gasteiger partial charge is 0.469 e. The van der Waals surface area contributed by atoms with Crippen LogP contribution in [0, 0.1) is 11.8 Å². The number of amides is 1. The zero-order chi connectivity index (χ0) is 25.9. The first-order chi connectivity index (χ1) is 17.9. The van der Waals surface area contributed by atoms with Crippen LogP contribution in [0.5, 0.6) is 0 Å². The minimum absolute atomic E-state index is 0.0239. The van der Waals surface area contributed by atoms with Gasteiger partial charge < -0.3 is 4.74 Å². The molecule has 0 spiro atoms. The smallest absolute Gasteiger partial charge is 0.308 e. The number of esters is 1. The maximum Gasteiger partial charge on any atom is 0.308 e. The molecule has 37 heavy (non-hydrogen) atoms. The summed E-state index contributed by atoms with van der Waals surface area (Å²) in [7, 11) is 1.43. The van der Waals surface area contributed by atoms with Gasteiger partial charge >= 0.3 is 5.97 Å². The zero-order valence-corrected chi connectivity index (χ0v) is 22.4. The number of likely N-dealkylation sites (tertiary alicyclic amines) is 1. The maximum atomic E-state index is 13.7. The van der Waals surface area contributed by atoms with Crippen molar-refractivity contribution in [3.8, 4) is 0 Å². The number of benzene rings is 2. The lowest BCUT2D eigenvalue weighted by molar-refractivity contribution is -0.147. The normalized spacial score (nSPS) is 23.6. The van der Waals surface area contributed by atoms with E-state index in [0.29, 0.717) is 36.0 Å². The summed E-state index contributed by atoms with van der Waals surface area (Å²) in [5, 5.41) is 8.06. The Balaban J connectivity index is 1.40. The fourth-order valence-electron chi connectivity index (χ4n) is 5.72. The van der Waals surface area contributed by atoms with Gasteiger partial charge in [0, 0.05) is 16.0 Å². The molecule has 6 nitrogen and oxygen atoms in total. The molecule has 1 saturated heterocycles. The second-order valence-corrected chi connectivity index (χ2v) is 10.9. The van der Waals surface area contributed by atoms with Crippen molar-refractivity contribution in [2.45, 2.75) is 38.1 Å². The number of piperidine rings is 1. The fourth-order valence-corrected chi connectivity index (χ4v) is 5.97. The SMILES string of the molecule is COC(=O)C1CCN(CC(=O)N2N=C3/C(=C\c4ccc(Cl)cc4)CCC[C@H]3[C@H]2c2ccc(Cl)cc2)CC1. The van der Waals surface area contributed by atoms with E-state index in [-0.39, 0.29) is 36.3 Å². The number of hydrogen-bond donors (Lipinski definition) is 0. The molecule has 2 atom stereocenters. The first-order valence-electron chi connectivity index (χ1n) is 12.9. The molecule has 1 saturated carbocycles. The van der Waals surface area contributed by atoms with E-state index in [4.69, 9.17) is 33.0 Å². The molecule has 1 amide bonds. The lowest BCUT2D eigenvalue weighted by Gasteiger charge is -2.33. The van der Waals surface area contributed by atoms with Gasteiger partial charge in [0.15, 0.2) is 0 Å². The summed E-state index contributed by atoms with van der Waals surface area (Å²) < 4.78 is 4.90. The topological polar surface area (TPSA) is 62.2 Å². The number of hydrogen-bond acceptors (Lipinski definition) is 5. The number of halogens is 2. The molecule has 1 aliphatic carbocycles. The van der Waals surface area contributed by atoms with Crippen LogP contribution in [0.25, 0.3) is 6.08 Å². The summed E-state index contributed by atoms with van der Waals surface area (Å²) in [4.78, 5) is 27.7. The van der Waals surface area contributed by atoms with Gasteiger partial charge in [-0.3, -0.25) is 14.5 Å². The average Bonchev–Trinajstić information content (AvgIpc) is 3.31. The average molecular weight is 540 g/mol. The van der Waals surface area contributed by atoms with Crippen LogP contribution in [0.4, 0.5) is 0 Å². The quantitative estimate of drug-likeness (QED) is 0.437. The van der Waals surface area contributed by atoms with Crippen LogP contribution in [0.1, 0.15) is 49.3 Å². The van der Waals surface area contributed by atoms with Gasteiger partial charge in [-0.1, -0.05) is 47.5 Å². The number of carbonyl (C=O) groups excluding carboxylic acids is 2. The van der Waals surface area contributed by atoms with E-state index in [1.54, 1.807) is 5.01 Å². The summed E-state index contributed by atoms with van der Waals surface area (Å²) in [6.45, 7) is 1.65. The number of carbonyl (C=O) groups is 2. The van der Waals surface area contributed by atoms with Crippen LogP contribution >= 0.6 is 23.2 Å². The van der Waals surface area contributed by atoms with Crippen molar-refractivity contribution in [2.75, 3.05) is 26.7 Å². The summed E-state index contributed by atoms with van der Waals surface area (Å²) in [5.41, 5.74) is 4.29. The van der Waals surface area contributed by atoms with Gasteiger partial charge in [-0.05, 0) is 92.2 Å². The van der Waals surface area contributed by atoms with Crippen molar-refractivity contribution in [3.05, 3.63) is 75.3 Å². The fraction of sp³-hybridized carbons (Fsp3) is 0.414. The molecule has 2 aromatic carbocycles. The Kier molecular flexibility index (Phi) is 7.98. The molecule has 5 rings (SSSR count). The standard InChI is InChI=1S/C29H31Cl2N3O3/c1-37-29(36)21-13-15-33(16-14-21)18-26(35)34-28(20-7-11-24(31)12-8-20)25-4-2-3-22(27(25)32-34)17-19-5-9-23(30)10-6-19/h5-12,17,21,25,28H,2-4,13-16,18H2,1H3/b22-17-/t25-,28-/m1/s1. The van der Waals surface area contributed by atoms with Crippen molar-refractivity contribution in [2.24, 2.45) is 16.9 Å². The molecule has 0 aromatic heterocycles. The van der Waals surface area contributed by atoms with E-state index in [0.717, 1.165) is 36.1 Å². The van der Waals surface area contributed by atoms with Gasteiger partial charge in [-0.2, -0.15) is 5.10 Å². The molecule has 0 radical (unpaired) electrons. The molecule has 2 heterocycles. The third-order valence-corrected chi connectivity index (χ3v) is 8.16. The van der Waals surface area contributed by atoms with E-state index < -0.39 is 0 Å². The van der Waals surface area contributed by atoms with Crippen LogP contribution in [-0.4, -0.2) is 54.2 Å². The Morgan fingerprint density at radius 3 is 2.30 bits per heavy atom. The van der Waals surface area contributed by atoms with Crippen molar-refractivity contribution < 1.29 is 14.3 Å². The molecule has 3 aliphatic rings. The van der Waals surface area contributed by atoms with E-state index in [9.17, 15) is 9.59 Å². The Hall–Kier alpha value is -2.67. The number of rotatable bonds is 5. The predicted octanol–water partition coefficient (Wildman–Crippen LogP) is 6.00. The maximum absolute atomic E-state index is 13.7. The number of allylic oxidation sites excluding steroid dienone is 1. The minimum atomic E-state index is -0.165.